The molecule has 0 spiro atoms. The molecule has 5 nitrogen and oxygen atoms in total. The Bertz CT molecular complexity index is 435. The van der Waals surface area contributed by atoms with Crippen molar-refractivity contribution in [3.8, 4) is 0 Å². The fraction of sp³-hybridized carbons (Fsp3) is 0.727. The summed E-state index contributed by atoms with van der Waals surface area (Å²) in [4.78, 5) is 3.90. The van der Waals surface area contributed by atoms with E-state index >= 15 is 0 Å². The van der Waals surface area contributed by atoms with Crippen LogP contribution in [-0.4, -0.2) is 24.5 Å². The van der Waals surface area contributed by atoms with Gasteiger partial charge in [0.25, 0.3) is 10.0 Å². The largest absolute Gasteiger partial charge is 0.336 e. The van der Waals surface area contributed by atoms with Gasteiger partial charge in [-0.25, -0.2) is 18.1 Å². The van der Waals surface area contributed by atoms with Gasteiger partial charge in [0, 0.05) is 19.3 Å². The summed E-state index contributed by atoms with van der Waals surface area (Å²) in [5.74, 6) is 0.387. The number of nitrogens with zero attached hydrogens (tertiary/aromatic N) is 2. The van der Waals surface area contributed by atoms with E-state index in [9.17, 15) is 8.42 Å². The quantitative estimate of drug-likeness (QED) is 0.809. The number of rotatable bonds is 7. The van der Waals surface area contributed by atoms with Crippen LogP contribution in [0.5, 0.6) is 0 Å². The lowest BCUT2D eigenvalue weighted by molar-refractivity contribution is 0.478. The topological polar surface area (TPSA) is 64.0 Å². The molecule has 0 saturated heterocycles. The van der Waals surface area contributed by atoms with Gasteiger partial charge in [-0.1, -0.05) is 26.7 Å². The Kier molecular flexibility index (Phi) is 5.14. The highest BCUT2D eigenvalue weighted by Gasteiger charge is 2.18. The number of aryl methyl sites for hydroxylation is 1. The van der Waals surface area contributed by atoms with Crippen molar-refractivity contribution in [2.75, 3.05) is 6.54 Å². The van der Waals surface area contributed by atoms with Crippen LogP contribution >= 0.6 is 0 Å². The van der Waals surface area contributed by atoms with Crippen molar-refractivity contribution < 1.29 is 8.42 Å². The second-order valence-corrected chi connectivity index (χ2v) is 5.79. The first-order valence-electron chi connectivity index (χ1n) is 6.04. The minimum atomic E-state index is -3.45. The maximum Gasteiger partial charge on any atom is 0.259 e. The van der Waals surface area contributed by atoms with E-state index in [0.717, 1.165) is 19.4 Å². The van der Waals surface area contributed by atoms with Crippen molar-refractivity contribution in [1.82, 2.24) is 14.3 Å². The normalized spacial score (nSPS) is 12.2. The molecular formula is C11H21N3O2S. The Balaban J connectivity index is 2.68. The van der Waals surface area contributed by atoms with E-state index < -0.39 is 10.0 Å². The summed E-state index contributed by atoms with van der Waals surface area (Å²) in [6.45, 7) is 7.27. The van der Waals surface area contributed by atoms with Crippen molar-refractivity contribution in [2.24, 2.45) is 5.92 Å². The average molecular weight is 259 g/mol. The van der Waals surface area contributed by atoms with Gasteiger partial charge in [0.2, 0.25) is 0 Å². The number of nitrogens with one attached hydrogen (secondary N) is 1. The molecule has 0 bridgehead atoms. The Labute approximate surface area is 103 Å². The van der Waals surface area contributed by atoms with Crippen LogP contribution in [0.1, 0.15) is 33.6 Å². The molecule has 1 aromatic heterocycles. The average Bonchev–Trinajstić information content (AvgIpc) is 2.79. The molecule has 0 unspecified atom stereocenters. The molecule has 17 heavy (non-hydrogen) atoms. The summed E-state index contributed by atoms with van der Waals surface area (Å²) in [6.07, 6.45) is 5.03. The number of imidazole rings is 1. The summed E-state index contributed by atoms with van der Waals surface area (Å²) in [6, 6.07) is 0. The summed E-state index contributed by atoms with van der Waals surface area (Å²) in [5, 5.41) is 0.102. The van der Waals surface area contributed by atoms with Crippen molar-refractivity contribution in [2.45, 2.75) is 45.2 Å². The SMILES string of the molecule is CCC(CC)CNS(=O)(=O)c1cn(CC)cn1. The fourth-order valence-electron chi connectivity index (χ4n) is 1.53. The summed E-state index contributed by atoms with van der Waals surface area (Å²) < 4.78 is 28.2. The molecule has 0 aliphatic rings. The molecule has 98 valence electrons. The van der Waals surface area contributed by atoms with Gasteiger partial charge >= 0.3 is 0 Å². The molecule has 0 fully saturated rings. The first-order valence-corrected chi connectivity index (χ1v) is 7.53. The molecular weight excluding hydrogens is 238 g/mol. The minimum Gasteiger partial charge on any atom is -0.336 e. The fourth-order valence-corrected chi connectivity index (χ4v) is 2.59. The standard InChI is InChI=1S/C11H21N3O2S/c1-4-10(5-2)7-13-17(15,16)11-8-14(6-3)9-12-11/h8-10,13H,4-7H2,1-3H3. The second-order valence-electron chi connectivity index (χ2n) is 4.08. The van der Waals surface area contributed by atoms with Crippen LogP contribution in [0, 0.1) is 5.92 Å². The van der Waals surface area contributed by atoms with E-state index in [2.05, 4.69) is 23.6 Å². The van der Waals surface area contributed by atoms with Gasteiger partial charge in [-0.3, -0.25) is 0 Å². The van der Waals surface area contributed by atoms with Crippen molar-refractivity contribution >= 4 is 10.0 Å². The third-order valence-electron chi connectivity index (χ3n) is 2.97. The molecule has 1 rings (SSSR count). The van der Waals surface area contributed by atoms with Crippen LogP contribution in [0.2, 0.25) is 0 Å². The molecule has 0 radical (unpaired) electrons. The Morgan fingerprint density at radius 3 is 2.47 bits per heavy atom. The van der Waals surface area contributed by atoms with E-state index in [1.807, 2.05) is 6.92 Å². The van der Waals surface area contributed by atoms with Gasteiger partial charge in [-0.15, -0.1) is 0 Å². The van der Waals surface area contributed by atoms with Crippen LogP contribution in [0.3, 0.4) is 0 Å². The van der Waals surface area contributed by atoms with E-state index in [1.165, 1.54) is 6.33 Å². The minimum absolute atomic E-state index is 0.102. The lowest BCUT2D eigenvalue weighted by atomic mass is 10.0. The highest BCUT2D eigenvalue weighted by molar-refractivity contribution is 7.89. The zero-order valence-electron chi connectivity index (χ0n) is 10.7. The predicted molar refractivity (Wildman–Crippen MR) is 67.2 cm³/mol. The second kappa shape index (κ2) is 6.16. The smallest absolute Gasteiger partial charge is 0.259 e. The van der Waals surface area contributed by atoms with Crippen LogP contribution in [0.15, 0.2) is 17.6 Å². The lowest BCUT2D eigenvalue weighted by Gasteiger charge is -2.12. The van der Waals surface area contributed by atoms with Gasteiger partial charge in [0.1, 0.15) is 0 Å². The highest BCUT2D eigenvalue weighted by Crippen LogP contribution is 2.09. The molecule has 0 amide bonds. The number of hydrogen-bond acceptors (Lipinski definition) is 3. The van der Waals surface area contributed by atoms with Crippen LogP contribution in [-0.2, 0) is 16.6 Å². The van der Waals surface area contributed by atoms with Crippen molar-refractivity contribution in [3.05, 3.63) is 12.5 Å². The Hall–Kier alpha value is -0.880. The van der Waals surface area contributed by atoms with Gasteiger partial charge in [-0.05, 0) is 12.8 Å². The number of sulfonamides is 1. The predicted octanol–water partition coefficient (Wildman–Crippen LogP) is 1.62. The van der Waals surface area contributed by atoms with E-state index in [1.54, 1.807) is 10.8 Å². The lowest BCUT2D eigenvalue weighted by Crippen LogP contribution is -2.29. The summed E-state index contributed by atoms with van der Waals surface area (Å²) in [7, 11) is -3.45. The zero-order chi connectivity index (χ0) is 12.9. The maximum absolute atomic E-state index is 11.9. The molecule has 0 aromatic carbocycles. The number of hydrogen-bond donors (Lipinski definition) is 1. The monoisotopic (exact) mass is 259 g/mol. The zero-order valence-corrected chi connectivity index (χ0v) is 11.5. The van der Waals surface area contributed by atoms with Gasteiger partial charge < -0.3 is 4.57 Å². The highest BCUT2D eigenvalue weighted by atomic mass is 32.2. The van der Waals surface area contributed by atoms with Gasteiger partial charge in [0.15, 0.2) is 5.03 Å². The summed E-state index contributed by atoms with van der Waals surface area (Å²) >= 11 is 0. The molecule has 6 heteroatoms. The van der Waals surface area contributed by atoms with Crippen LogP contribution in [0.25, 0.3) is 0 Å². The van der Waals surface area contributed by atoms with Crippen LogP contribution < -0.4 is 4.72 Å². The summed E-state index contributed by atoms with van der Waals surface area (Å²) in [5.41, 5.74) is 0. The van der Waals surface area contributed by atoms with E-state index in [0.29, 0.717) is 12.5 Å². The van der Waals surface area contributed by atoms with E-state index in [4.69, 9.17) is 0 Å². The molecule has 0 atom stereocenters. The maximum atomic E-state index is 11.9. The molecule has 1 aromatic rings. The first kappa shape index (κ1) is 14.2. The first-order chi connectivity index (χ1) is 8.03. The third-order valence-corrected chi connectivity index (χ3v) is 4.27. The molecule has 1 heterocycles. The molecule has 0 aliphatic carbocycles. The Morgan fingerprint density at radius 1 is 1.35 bits per heavy atom. The van der Waals surface area contributed by atoms with E-state index in [-0.39, 0.29) is 5.03 Å². The number of aromatic nitrogens is 2. The van der Waals surface area contributed by atoms with Crippen molar-refractivity contribution in [1.29, 1.82) is 0 Å². The van der Waals surface area contributed by atoms with Crippen molar-refractivity contribution in [3.63, 3.8) is 0 Å². The third kappa shape index (κ3) is 3.81. The molecule has 1 N–H and O–H groups in total. The molecule has 0 saturated carbocycles. The van der Waals surface area contributed by atoms with Gasteiger partial charge in [0.05, 0.1) is 6.33 Å². The Morgan fingerprint density at radius 2 is 2.00 bits per heavy atom. The van der Waals surface area contributed by atoms with Gasteiger partial charge in [-0.2, -0.15) is 0 Å². The molecule has 0 aliphatic heterocycles. The van der Waals surface area contributed by atoms with Crippen LogP contribution in [0.4, 0.5) is 0 Å².